The SMILES string of the molecule is CN(C)CCCNC(=O)CCNC(=O)c1c(NC(=O)c2c(NC(=O)c3cc(NC(=O)c4cc(NC(=O)CCCNC(=O)c5cc(NC(=O)c6cc(NC(=O)c7cc(NC(=O)c8nccn8C)cn7C)cn6C)cn5C)cn4C)cn3C)ccn2C)ccn1C. The van der Waals surface area contributed by atoms with Crippen LogP contribution in [-0.4, -0.2) is 146 Å². The predicted octanol–water partition coefficient (Wildman–Crippen LogP) is 3.64. The van der Waals surface area contributed by atoms with Crippen molar-refractivity contribution in [3.8, 4) is 0 Å². The second kappa shape index (κ2) is 27.9. The predicted molar refractivity (Wildman–Crippen MR) is 332 cm³/mol. The standard InChI is InChI=1S/C59H72N20O10/c1-71(2)21-12-18-60-47(80)14-19-63-57(87)49-40(15-22-72(49)3)70-58(88)50-41(16-23-73(50)4)69-56(86)46-28-38(33-79(46)10)67-53(83)43-25-35(30-76(43)7)64-48(81)13-11-17-62-52(82)42-26-36(31-75(42)6)65-54(84)44-27-37(32-77(44)8)66-55(85)45-29-39(34-78(45)9)68-59(89)51-61-20-24-74(51)5/h15-16,20,22-34H,11-14,17-19,21H2,1-10H3,(H,60,80)(H,62,82)(H,63,87)(H,64,81)(H,65,84)(H,66,85)(H,67,83)(H,68,89)(H,69,86)(H,70,88). The van der Waals surface area contributed by atoms with Gasteiger partial charge in [-0.3, -0.25) is 47.9 Å². The Morgan fingerprint density at radius 1 is 0.382 bits per heavy atom. The van der Waals surface area contributed by atoms with Crippen LogP contribution in [0, 0.1) is 0 Å². The quantitative estimate of drug-likeness (QED) is 0.0348. The summed E-state index contributed by atoms with van der Waals surface area (Å²) in [5.41, 5.74) is 3.36. The summed E-state index contributed by atoms with van der Waals surface area (Å²) in [4.78, 5) is 138. The van der Waals surface area contributed by atoms with E-state index in [0.29, 0.717) is 29.3 Å². The molecule has 8 rings (SSSR count). The molecule has 0 spiro atoms. The largest absolute Gasteiger partial charge is 0.356 e. The molecule has 30 nitrogen and oxygen atoms in total. The normalized spacial score (nSPS) is 11.0. The average Bonchev–Trinajstić information content (AvgIpc) is 1.98. The number of aromatic nitrogens is 9. The molecule has 30 heteroatoms. The van der Waals surface area contributed by atoms with Gasteiger partial charge in [0.25, 0.3) is 47.3 Å². The number of nitrogens with one attached hydrogen (secondary N) is 10. The molecule has 10 amide bonds. The fourth-order valence-corrected chi connectivity index (χ4v) is 9.69. The van der Waals surface area contributed by atoms with Gasteiger partial charge in [-0.1, -0.05) is 0 Å². The van der Waals surface area contributed by atoms with Crippen molar-refractivity contribution in [3.05, 3.63) is 144 Å². The first-order valence-corrected chi connectivity index (χ1v) is 28.1. The maximum atomic E-state index is 13.8. The summed E-state index contributed by atoms with van der Waals surface area (Å²) in [6.07, 6.45) is 15.3. The van der Waals surface area contributed by atoms with E-state index in [1.807, 2.05) is 19.0 Å². The minimum Gasteiger partial charge on any atom is -0.356 e. The van der Waals surface area contributed by atoms with Gasteiger partial charge in [0, 0.05) is 145 Å². The Hall–Kier alpha value is -11.2. The van der Waals surface area contributed by atoms with Gasteiger partial charge in [-0.25, -0.2) is 4.98 Å². The lowest BCUT2D eigenvalue weighted by molar-refractivity contribution is -0.121. The summed E-state index contributed by atoms with van der Waals surface area (Å²) in [5.74, 6) is -4.48. The van der Waals surface area contributed by atoms with E-state index in [9.17, 15) is 47.9 Å². The number of nitrogens with zero attached hydrogens (tertiary/aromatic N) is 10. The van der Waals surface area contributed by atoms with Gasteiger partial charge in [0.15, 0.2) is 5.82 Å². The lowest BCUT2D eigenvalue weighted by Gasteiger charge is -2.12. The average molecular weight is 1220 g/mol. The number of amides is 10. The van der Waals surface area contributed by atoms with Crippen LogP contribution in [0.15, 0.2) is 98.2 Å². The summed E-state index contributed by atoms with van der Waals surface area (Å²) in [6.45, 7) is 1.57. The van der Waals surface area contributed by atoms with Crippen LogP contribution in [-0.2, 0) is 66.0 Å². The van der Waals surface area contributed by atoms with Gasteiger partial charge in [0.1, 0.15) is 39.9 Å². The van der Waals surface area contributed by atoms with Crippen LogP contribution in [0.3, 0.4) is 0 Å². The molecule has 0 radical (unpaired) electrons. The first-order chi connectivity index (χ1) is 42.3. The van der Waals surface area contributed by atoms with E-state index in [1.165, 1.54) is 61.0 Å². The summed E-state index contributed by atoms with van der Waals surface area (Å²) in [6, 6.07) is 10.6. The van der Waals surface area contributed by atoms with Gasteiger partial charge in [0.2, 0.25) is 11.8 Å². The first kappa shape index (κ1) is 63.8. The zero-order valence-electron chi connectivity index (χ0n) is 50.9. The fourth-order valence-electron chi connectivity index (χ4n) is 9.69. The Kier molecular flexibility index (Phi) is 20.0. The summed E-state index contributed by atoms with van der Waals surface area (Å²) in [5, 5.41) is 27.8. The van der Waals surface area contributed by atoms with Crippen molar-refractivity contribution in [3.63, 3.8) is 0 Å². The number of carbonyl (C=O) groups excluding carboxylic acids is 10. The highest BCUT2D eigenvalue weighted by Crippen LogP contribution is 2.25. The lowest BCUT2D eigenvalue weighted by Crippen LogP contribution is -2.33. The summed E-state index contributed by atoms with van der Waals surface area (Å²) in [7, 11) is 17.0. The molecule has 0 aromatic carbocycles. The van der Waals surface area contributed by atoms with E-state index in [-0.39, 0.29) is 107 Å². The second-order valence-corrected chi connectivity index (χ2v) is 21.5. The van der Waals surface area contributed by atoms with E-state index in [0.717, 1.165) is 13.0 Å². The second-order valence-electron chi connectivity index (χ2n) is 21.5. The molecule has 0 saturated carbocycles. The third kappa shape index (κ3) is 15.8. The molecule has 0 aliphatic carbocycles. The van der Waals surface area contributed by atoms with Gasteiger partial charge in [-0.15, -0.1) is 0 Å². The van der Waals surface area contributed by atoms with Gasteiger partial charge >= 0.3 is 0 Å². The van der Waals surface area contributed by atoms with Gasteiger partial charge in [-0.05, 0) is 75.9 Å². The van der Waals surface area contributed by atoms with Crippen LogP contribution in [0.5, 0.6) is 0 Å². The third-order valence-corrected chi connectivity index (χ3v) is 14.2. The van der Waals surface area contributed by atoms with Crippen molar-refractivity contribution < 1.29 is 47.9 Å². The number of carbonyl (C=O) groups is 10. The minimum absolute atomic E-state index is 0.0273. The summed E-state index contributed by atoms with van der Waals surface area (Å²) >= 11 is 0. The molecule has 468 valence electrons. The summed E-state index contributed by atoms with van der Waals surface area (Å²) < 4.78 is 12.3. The van der Waals surface area contributed by atoms with Crippen LogP contribution >= 0.6 is 0 Å². The number of rotatable bonds is 26. The Balaban J connectivity index is 0.765. The minimum atomic E-state index is -0.613. The molecule has 10 N–H and O–H groups in total. The molecule has 0 bridgehead atoms. The van der Waals surface area contributed by atoms with Crippen LogP contribution in [0.4, 0.5) is 39.8 Å². The number of aryl methyl sites for hydroxylation is 8. The zero-order chi connectivity index (χ0) is 64.4. The molecule has 0 aliphatic rings. The van der Waals surface area contributed by atoms with Crippen molar-refractivity contribution >= 4 is 98.9 Å². The van der Waals surface area contributed by atoms with E-state index in [1.54, 1.807) is 130 Å². The molecule has 0 unspecified atom stereocenters. The molecular formula is C59H72N20O10. The van der Waals surface area contributed by atoms with E-state index in [4.69, 9.17) is 0 Å². The maximum Gasteiger partial charge on any atom is 0.291 e. The highest BCUT2D eigenvalue weighted by Gasteiger charge is 2.26. The molecule has 8 aromatic heterocycles. The van der Waals surface area contributed by atoms with Gasteiger partial charge < -0.3 is 94.6 Å². The van der Waals surface area contributed by atoms with Crippen molar-refractivity contribution in [2.45, 2.75) is 25.7 Å². The highest BCUT2D eigenvalue weighted by atomic mass is 16.2. The molecule has 8 heterocycles. The van der Waals surface area contributed by atoms with Crippen molar-refractivity contribution in [2.24, 2.45) is 56.4 Å². The van der Waals surface area contributed by atoms with Crippen LogP contribution in [0.1, 0.15) is 110 Å². The first-order valence-electron chi connectivity index (χ1n) is 28.1. The fraction of sp³-hybridized carbons (Fsp3) is 0.305. The number of hydrogen-bond acceptors (Lipinski definition) is 12. The molecule has 0 fully saturated rings. The van der Waals surface area contributed by atoms with Gasteiger partial charge in [-0.2, -0.15) is 0 Å². The third-order valence-electron chi connectivity index (χ3n) is 14.2. The Morgan fingerprint density at radius 3 is 1.22 bits per heavy atom. The van der Waals surface area contributed by atoms with Crippen LogP contribution in [0.2, 0.25) is 0 Å². The van der Waals surface area contributed by atoms with E-state index >= 15 is 0 Å². The lowest BCUT2D eigenvalue weighted by atomic mass is 10.2. The van der Waals surface area contributed by atoms with Crippen LogP contribution < -0.4 is 53.2 Å². The molecule has 8 aromatic rings. The van der Waals surface area contributed by atoms with Gasteiger partial charge in [0.05, 0.1) is 39.8 Å². The van der Waals surface area contributed by atoms with Crippen LogP contribution in [0.25, 0.3) is 0 Å². The Morgan fingerprint density at radius 2 is 0.775 bits per heavy atom. The molecule has 0 atom stereocenters. The molecular weight excluding hydrogens is 1150 g/mol. The molecule has 89 heavy (non-hydrogen) atoms. The zero-order valence-corrected chi connectivity index (χ0v) is 50.9. The smallest absolute Gasteiger partial charge is 0.291 e. The van der Waals surface area contributed by atoms with E-state index < -0.39 is 47.3 Å². The van der Waals surface area contributed by atoms with Crippen molar-refractivity contribution in [1.29, 1.82) is 0 Å². The number of hydrogen-bond donors (Lipinski definition) is 10. The van der Waals surface area contributed by atoms with E-state index in [2.05, 4.69) is 58.2 Å². The topological polar surface area (TPSA) is 347 Å². The number of imidazole rings is 1. The molecule has 0 aliphatic heterocycles. The molecule has 0 saturated heterocycles. The number of anilines is 7. The van der Waals surface area contributed by atoms with Crippen molar-refractivity contribution in [2.75, 3.05) is 77.5 Å². The Labute approximate surface area is 510 Å². The maximum absolute atomic E-state index is 13.8. The van der Waals surface area contributed by atoms with Crippen molar-refractivity contribution in [1.82, 2.24) is 62.4 Å². The monoisotopic (exact) mass is 1220 g/mol. The highest BCUT2D eigenvalue weighted by molar-refractivity contribution is 6.14. The Bertz CT molecular complexity index is 4020.